The second kappa shape index (κ2) is 7.06. The van der Waals surface area contributed by atoms with Crippen LogP contribution in [0.25, 0.3) is 10.6 Å². The predicted octanol–water partition coefficient (Wildman–Crippen LogP) is 2.66. The second-order valence-electron chi connectivity index (χ2n) is 4.26. The highest BCUT2D eigenvalue weighted by molar-refractivity contribution is 7.14. The molecular weight excluding hydrogens is 276 g/mol. The first kappa shape index (κ1) is 14.5. The lowest BCUT2D eigenvalue weighted by atomic mass is 10.2. The van der Waals surface area contributed by atoms with Crippen LogP contribution in [0.5, 0.6) is 0 Å². The summed E-state index contributed by atoms with van der Waals surface area (Å²) in [5.41, 5.74) is 0.954. The number of nitro groups is 1. The summed E-state index contributed by atoms with van der Waals surface area (Å²) in [7, 11) is 0. The molecule has 2 rings (SSSR count). The van der Waals surface area contributed by atoms with Crippen molar-refractivity contribution >= 4 is 17.0 Å². The van der Waals surface area contributed by atoms with Gasteiger partial charge in [-0.15, -0.1) is 10.2 Å². The Labute approximate surface area is 121 Å². The van der Waals surface area contributed by atoms with Gasteiger partial charge in [-0.05, 0) is 31.6 Å². The molecule has 0 saturated carbocycles. The molecule has 20 heavy (non-hydrogen) atoms. The maximum absolute atomic E-state index is 10.6. The Morgan fingerprint density at radius 3 is 2.70 bits per heavy atom. The summed E-state index contributed by atoms with van der Waals surface area (Å²) in [6, 6.07) is 6.39. The highest BCUT2D eigenvalue weighted by atomic mass is 32.1. The van der Waals surface area contributed by atoms with Crippen LogP contribution < -0.4 is 5.32 Å². The van der Waals surface area contributed by atoms with E-state index >= 15 is 0 Å². The van der Waals surface area contributed by atoms with E-state index in [9.17, 15) is 10.1 Å². The molecule has 0 radical (unpaired) electrons. The zero-order valence-corrected chi connectivity index (χ0v) is 12.0. The molecule has 0 bridgehead atoms. The number of benzene rings is 1. The van der Waals surface area contributed by atoms with Gasteiger partial charge in [-0.2, -0.15) is 0 Å². The van der Waals surface area contributed by atoms with Crippen LogP contribution in [0.15, 0.2) is 24.3 Å². The fraction of sp³-hybridized carbons (Fsp3) is 0.385. The van der Waals surface area contributed by atoms with Crippen LogP contribution in [0.4, 0.5) is 5.69 Å². The molecule has 0 saturated heterocycles. The third-order valence-corrected chi connectivity index (χ3v) is 3.82. The summed E-state index contributed by atoms with van der Waals surface area (Å²) in [5, 5.41) is 24.0. The number of non-ortho nitro benzene ring substituents is 1. The lowest BCUT2D eigenvalue weighted by molar-refractivity contribution is -0.384. The van der Waals surface area contributed by atoms with Gasteiger partial charge in [-0.3, -0.25) is 10.1 Å². The molecular formula is C13H16N4O2S. The van der Waals surface area contributed by atoms with Crippen molar-refractivity contribution in [3.05, 3.63) is 39.4 Å². The molecule has 0 amide bonds. The first-order valence-electron chi connectivity index (χ1n) is 6.48. The van der Waals surface area contributed by atoms with Crippen molar-refractivity contribution in [2.45, 2.75) is 19.8 Å². The van der Waals surface area contributed by atoms with Gasteiger partial charge in [0.1, 0.15) is 10.0 Å². The first-order valence-corrected chi connectivity index (χ1v) is 7.30. The molecule has 0 unspecified atom stereocenters. The number of hydrogen-bond acceptors (Lipinski definition) is 6. The third-order valence-electron chi connectivity index (χ3n) is 2.79. The summed E-state index contributed by atoms with van der Waals surface area (Å²) in [6.45, 7) is 4.03. The van der Waals surface area contributed by atoms with Crippen molar-refractivity contribution in [1.29, 1.82) is 0 Å². The van der Waals surface area contributed by atoms with E-state index in [1.54, 1.807) is 12.1 Å². The lowest BCUT2D eigenvalue weighted by Gasteiger charge is -1.97. The Hall–Kier alpha value is -1.86. The Balaban J connectivity index is 1.99. The van der Waals surface area contributed by atoms with Gasteiger partial charge in [0.2, 0.25) is 0 Å². The molecule has 1 aromatic carbocycles. The molecule has 1 N–H and O–H groups in total. The van der Waals surface area contributed by atoms with Crippen LogP contribution in [-0.2, 0) is 6.42 Å². The molecule has 7 heteroatoms. The Bertz CT molecular complexity index is 568. The number of aryl methyl sites for hydroxylation is 1. The van der Waals surface area contributed by atoms with E-state index < -0.39 is 4.92 Å². The zero-order valence-electron chi connectivity index (χ0n) is 11.2. The van der Waals surface area contributed by atoms with E-state index in [0.717, 1.165) is 41.5 Å². The normalized spacial score (nSPS) is 10.7. The topological polar surface area (TPSA) is 81.0 Å². The van der Waals surface area contributed by atoms with E-state index in [1.165, 1.54) is 23.5 Å². The van der Waals surface area contributed by atoms with Crippen molar-refractivity contribution < 1.29 is 4.92 Å². The molecule has 1 aromatic heterocycles. The molecule has 0 aliphatic carbocycles. The second-order valence-corrected chi connectivity index (χ2v) is 5.32. The monoisotopic (exact) mass is 292 g/mol. The van der Waals surface area contributed by atoms with Gasteiger partial charge in [0.15, 0.2) is 0 Å². The van der Waals surface area contributed by atoms with Crippen molar-refractivity contribution in [1.82, 2.24) is 15.5 Å². The standard InChI is InChI=1S/C13H16N4O2S/c1-2-14-9-3-4-12-15-16-13(20-12)10-5-7-11(8-6-10)17(18)19/h5-8,14H,2-4,9H2,1H3. The fourth-order valence-electron chi connectivity index (χ4n) is 1.74. The number of nitro benzene ring substituents is 1. The minimum atomic E-state index is -0.407. The summed E-state index contributed by atoms with van der Waals surface area (Å²) < 4.78 is 0. The van der Waals surface area contributed by atoms with Crippen molar-refractivity contribution in [3.8, 4) is 10.6 Å². The summed E-state index contributed by atoms with van der Waals surface area (Å²) in [6.07, 6.45) is 1.93. The molecule has 1 heterocycles. The van der Waals surface area contributed by atoms with Crippen LogP contribution in [0.2, 0.25) is 0 Å². The first-order chi connectivity index (χ1) is 9.70. The van der Waals surface area contributed by atoms with Crippen LogP contribution in [-0.4, -0.2) is 28.2 Å². The van der Waals surface area contributed by atoms with Crippen LogP contribution in [0, 0.1) is 10.1 Å². The molecule has 0 spiro atoms. The van der Waals surface area contributed by atoms with E-state index in [2.05, 4.69) is 22.4 Å². The van der Waals surface area contributed by atoms with Crippen LogP contribution in [0.1, 0.15) is 18.4 Å². The van der Waals surface area contributed by atoms with Gasteiger partial charge in [0, 0.05) is 24.1 Å². The summed E-state index contributed by atoms with van der Waals surface area (Å²) in [5.74, 6) is 0. The number of hydrogen-bond donors (Lipinski definition) is 1. The Morgan fingerprint density at radius 2 is 2.05 bits per heavy atom. The minimum absolute atomic E-state index is 0.0872. The zero-order chi connectivity index (χ0) is 14.4. The average molecular weight is 292 g/mol. The molecule has 106 valence electrons. The Kier molecular flexibility index (Phi) is 5.14. The minimum Gasteiger partial charge on any atom is -0.317 e. The highest BCUT2D eigenvalue weighted by Crippen LogP contribution is 2.25. The van der Waals surface area contributed by atoms with Crippen molar-refractivity contribution in [3.63, 3.8) is 0 Å². The Morgan fingerprint density at radius 1 is 1.30 bits per heavy atom. The smallest absolute Gasteiger partial charge is 0.269 e. The van der Waals surface area contributed by atoms with Gasteiger partial charge in [0.05, 0.1) is 4.92 Å². The van der Waals surface area contributed by atoms with Gasteiger partial charge >= 0.3 is 0 Å². The molecule has 6 nitrogen and oxygen atoms in total. The van der Waals surface area contributed by atoms with E-state index in [1.807, 2.05) is 0 Å². The number of aromatic nitrogens is 2. The number of rotatable bonds is 7. The maximum atomic E-state index is 10.6. The summed E-state index contributed by atoms with van der Waals surface area (Å²) >= 11 is 1.54. The van der Waals surface area contributed by atoms with Gasteiger partial charge in [-0.1, -0.05) is 18.3 Å². The van der Waals surface area contributed by atoms with Crippen molar-refractivity contribution in [2.75, 3.05) is 13.1 Å². The van der Waals surface area contributed by atoms with E-state index in [4.69, 9.17) is 0 Å². The van der Waals surface area contributed by atoms with E-state index in [-0.39, 0.29) is 5.69 Å². The molecule has 0 atom stereocenters. The number of nitrogens with one attached hydrogen (secondary N) is 1. The predicted molar refractivity (Wildman–Crippen MR) is 78.9 cm³/mol. The molecule has 0 aliphatic heterocycles. The highest BCUT2D eigenvalue weighted by Gasteiger charge is 2.09. The maximum Gasteiger partial charge on any atom is 0.269 e. The number of nitrogens with zero attached hydrogens (tertiary/aromatic N) is 3. The fourth-order valence-corrected chi connectivity index (χ4v) is 2.63. The van der Waals surface area contributed by atoms with Gasteiger partial charge in [-0.25, -0.2) is 0 Å². The van der Waals surface area contributed by atoms with Crippen LogP contribution in [0.3, 0.4) is 0 Å². The molecule has 2 aromatic rings. The lowest BCUT2D eigenvalue weighted by Crippen LogP contribution is -2.14. The quantitative estimate of drug-likeness (QED) is 0.482. The third kappa shape index (κ3) is 3.82. The van der Waals surface area contributed by atoms with Gasteiger partial charge < -0.3 is 5.32 Å². The van der Waals surface area contributed by atoms with Gasteiger partial charge in [0.25, 0.3) is 5.69 Å². The van der Waals surface area contributed by atoms with Crippen LogP contribution >= 0.6 is 11.3 Å². The van der Waals surface area contributed by atoms with Crippen molar-refractivity contribution in [2.24, 2.45) is 0 Å². The summed E-state index contributed by atoms with van der Waals surface area (Å²) in [4.78, 5) is 10.2. The average Bonchev–Trinajstić information content (AvgIpc) is 2.92. The largest absolute Gasteiger partial charge is 0.317 e. The molecule has 0 fully saturated rings. The molecule has 0 aliphatic rings. The van der Waals surface area contributed by atoms with E-state index in [0.29, 0.717) is 0 Å². The SMILES string of the molecule is CCNCCCc1nnc(-c2ccc([N+](=O)[O-])cc2)s1.